The van der Waals surface area contributed by atoms with Gasteiger partial charge >= 0.3 is 0 Å². The first-order valence-electron chi connectivity index (χ1n) is 13.7. The van der Waals surface area contributed by atoms with Gasteiger partial charge < -0.3 is 24.5 Å². The van der Waals surface area contributed by atoms with Crippen LogP contribution in [0.1, 0.15) is 34.1 Å². The molecule has 1 N–H and O–H groups in total. The second kappa shape index (κ2) is 11.6. The van der Waals surface area contributed by atoms with Gasteiger partial charge in [0.1, 0.15) is 11.6 Å². The quantitative estimate of drug-likeness (QED) is 0.310. The highest BCUT2D eigenvalue weighted by atomic mass is 79.9. The van der Waals surface area contributed by atoms with Gasteiger partial charge in [-0.1, -0.05) is 60.1 Å². The minimum Gasteiger partial charge on any atom is -0.394 e. The van der Waals surface area contributed by atoms with E-state index < -0.39 is 35.6 Å². The van der Waals surface area contributed by atoms with Gasteiger partial charge in [-0.15, -0.1) is 13.2 Å². The van der Waals surface area contributed by atoms with Crippen molar-refractivity contribution in [1.29, 1.82) is 0 Å². The summed E-state index contributed by atoms with van der Waals surface area (Å²) in [4.78, 5) is 47.7. The van der Waals surface area contributed by atoms with E-state index in [-0.39, 0.29) is 47.7 Å². The average molecular weight is 603 g/mol. The number of benzene rings is 1. The topological polar surface area (TPSA) is 90.4 Å². The zero-order valence-electron chi connectivity index (χ0n) is 23.2. The van der Waals surface area contributed by atoms with Crippen molar-refractivity contribution < 1.29 is 24.2 Å². The molecule has 1 spiro atoms. The van der Waals surface area contributed by atoms with Crippen LogP contribution < -0.4 is 4.90 Å². The van der Waals surface area contributed by atoms with Gasteiger partial charge in [0.2, 0.25) is 17.7 Å². The lowest BCUT2D eigenvalue weighted by Crippen LogP contribution is -2.60. The fraction of sp³-hybridized carbons (Fsp3) is 0.567. The number of amides is 3. The number of alkyl halides is 1. The van der Waals surface area contributed by atoms with Crippen molar-refractivity contribution in [2.24, 2.45) is 17.8 Å². The number of halogens is 1. The highest BCUT2D eigenvalue weighted by Gasteiger charge is 2.77. The Morgan fingerprint density at radius 1 is 1.15 bits per heavy atom. The zero-order valence-corrected chi connectivity index (χ0v) is 24.8. The SMILES string of the molecule is C=CCN(C(=O)[C@H]1[C@@H]2OC3(CC2Br)C(C(=O)N(CC=C)C(C)C)N([C@@H](CO)C(C)C)C(=O)[C@H]13)c1ccccc1. The summed E-state index contributed by atoms with van der Waals surface area (Å²) in [5.41, 5.74) is -0.492. The van der Waals surface area contributed by atoms with Crippen LogP contribution in [0.15, 0.2) is 55.6 Å². The minimum atomic E-state index is -1.19. The van der Waals surface area contributed by atoms with Crippen LogP contribution in [0, 0.1) is 17.8 Å². The predicted molar refractivity (Wildman–Crippen MR) is 154 cm³/mol. The van der Waals surface area contributed by atoms with Gasteiger partial charge in [-0.05, 0) is 38.3 Å². The molecule has 3 unspecified atom stereocenters. The molecule has 0 aliphatic carbocycles. The second-order valence-corrected chi connectivity index (χ2v) is 12.5. The third-order valence-electron chi connectivity index (χ3n) is 8.44. The molecule has 3 aliphatic heterocycles. The summed E-state index contributed by atoms with van der Waals surface area (Å²) in [5.74, 6) is -2.56. The second-order valence-electron chi connectivity index (χ2n) is 11.3. The number of carbonyl (C=O) groups is 3. The standard InChI is InChI=1S/C30H40BrN3O5/c1-7-14-32(19(5)6)29(38)26-30-16-21(31)25(39-30)23(24(30)28(37)34(26)22(17-35)18(3)4)27(36)33(15-8-2)20-12-10-9-11-13-20/h7-13,18-19,21-26,35H,1-2,14-17H2,3-6H3/t21?,22-,23+,24-,25+,26?,30?/m0/s1. The van der Waals surface area contributed by atoms with Crippen LogP contribution in [0.2, 0.25) is 0 Å². The smallest absolute Gasteiger partial charge is 0.248 e. The summed E-state index contributed by atoms with van der Waals surface area (Å²) in [6, 6.07) is 7.58. The van der Waals surface area contributed by atoms with Crippen molar-refractivity contribution >= 4 is 39.3 Å². The van der Waals surface area contributed by atoms with Gasteiger partial charge in [-0.3, -0.25) is 14.4 Å². The molecule has 3 heterocycles. The molecule has 8 nitrogen and oxygen atoms in total. The first-order chi connectivity index (χ1) is 18.5. The molecule has 1 aromatic carbocycles. The molecule has 39 heavy (non-hydrogen) atoms. The summed E-state index contributed by atoms with van der Waals surface area (Å²) in [7, 11) is 0. The number of aliphatic hydroxyl groups excluding tert-OH is 1. The maximum absolute atomic E-state index is 14.4. The number of aliphatic hydroxyl groups is 1. The summed E-state index contributed by atoms with van der Waals surface area (Å²) in [5, 5.41) is 10.4. The van der Waals surface area contributed by atoms with E-state index in [1.54, 1.807) is 22.0 Å². The van der Waals surface area contributed by atoms with Gasteiger partial charge in [0.15, 0.2) is 0 Å². The summed E-state index contributed by atoms with van der Waals surface area (Å²) < 4.78 is 6.67. The Labute approximate surface area is 239 Å². The lowest BCUT2D eigenvalue weighted by molar-refractivity contribution is -0.153. The van der Waals surface area contributed by atoms with Crippen LogP contribution in [0.25, 0.3) is 0 Å². The van der Waals surface area contributed by atoms with Crippen LogP contribution in [-0.4, -0.2) is 87.0 Å². The van der Waals surface area contributed by atoms with E-state index >= 15 is 0 Å². The molecule has 4 rings (SSSR count). The lowest BCUT2D eigenvalue weighted by Gasteiger charge is -2.41. The highest BCUT2D eigenvalue weighted by molar-refractivity contribution is 9.09. The predicted octanol–water partition coefficient (Wildman–Crippen LogP) is 3.39. The van der Waals surface area contributed by atoms with Gasteiger partial charge in [0.25, 0.3) is 0 Å². The van der Waals surface area contributed by atoms with E-state index in [4.69, 9.17) is 4.74 Å². The molecular formula is C30H40BrN3O5. The molecule has 2 bridgehead atoms. The third-order valence-corrected chi connectivity index (χ3v) is 9.28. The van der Waals surface area contributed by atoms with Gasteiger partial charge in [-0.2, -0.15) is 0 Å². The molecule has 3 fully saturated rings. The van der Waals surface area contributed by atoms with Gasteiger partial charge in [0.05, 0.1) is 30.6 Å². The van der Waals surface area contributed by atoms with E-state index in [2.05, 4.69) is 29.1 Å². The first-order valence-corrected chi connectivity index (χ1v) is 14.6. The number of hydrogen-bond donors (Lipinski definition) is 1. The Morgan fingerprint density at radius 3 is 2.33 bits per heavy atom. The fourth-order valence-electron chi connectivity index (χ4n) is 6.70. The van der Waals surface area contributed by atoms with Crippen LogP contribution in [0.4, 0.5) is 5.69 Å². The number of fused-ring (bicyclic) bond motifs is 1. The summed E-state index contributed by atoms with van der Waals surface area (Å²) >= 11 is 3.74. The summed E-state index contributed by atoms with van der Waals surface area (Å²) in [6.45, 7) is 15.6. The monoisotopic (exact) mass is 601 g/mol. The van der Waals surface area contributed by atoms with Crippen molar-refractivity contribution in [1.82, 2.24) is 9.80 Å². The molecule has 0 aromatic heterocycles. The molecule has 7 atom stereocenters. The highest BCUT2D eigenvalue weighted by Crippen LogP contribution is 2.61. The molecule has 1 aromatic rings. The molecule has 9 heteroatoms. The van der Waals surface area contributed by atoms with Crippen molar-refractivity contribution in [2.45, 2.75) is 68.8 Å². The van der Waals surface area contributed by atoms with Crippen LogP contribution in [-0.2, 0) is 19.1 Å². The first kappa shape index (κ1) is 29.5. The number of nitrogens with zero attached hydrogens (tertiary/aromatic N) is 3. The number of carbonyl (C=O) groups excluding carboxylic acids is 3. The zero-order chi connectivity index (χ0) is 28.6. The average Bonchev–Trinajstić information content (AvgIpc) is 3.49. The number of likely N-dealkylation sites (tertiary alicyclic amines) is 1. The molecule has 212 valence electrons. The molecule has 3 saturated heterocycles. The normalized spacial score (nSPS) is 30.0. The van der Waals surface area contributed by atoms with Gasteiger partial charge in [0, 0.05) is 29.6 Å². The van der Waals surface area contributed by atoms with Crippen LogP contribution in [0.3, 0.4) is 0 Å². The molecule has 0 saturated carbocycles. The lowest BCUT2D eigenvalue weighted by atomic mass is 9.70. The third kappa shape index (κ3) is 4.76. The molecule has 3 amide bonds. The molecular weight excluding hydrogens is 562 g/mol. The Kier molecular flexibility index (Phi) is 8.73. The van der Waals surface area contributed by atoms with Crippen molar-refractivity contribution in [3.05, 3.63) is 55.6 Å². The van der Waals surface area contributed by atoms with E-state index in [0.717, 1.165) is 0 Å². The minimum absolute atomic E-state index is 0.121. The fourth-order valence-corrected chi connectivity index (χ4v) is 7.64. The van der Waals surface area contributed by atoms with Crippen LogP contribution in [0.5, 0.6) is 0 Å². The van der Waals surface area contributed by atoms with Crippen molar-refractivity contribution in [3.8, 4) is 0 Å². The summed E-state index contributed by atoms with van der Waals surface area (Å²) in [6.07, 6.45) is 3.16. The van der Waals surface area contributed by atoms with Crippen molar-refractivity contribution in [3.63, 3.8) is 0 Å². The number of anilines is 1. The van der Waals surface area contributed by atoms with E-state index in [1.165, 1.54) is 4.90 Å². The Bertz CT molecular complexity index is 1110. The number of ether oxygens (including phenoxy) is 1. The Balaban J connectivity index is 1.85. The molecule has 3 aliphatic rings. The number of hydrogen-bond acceptors (Lipinski definition) is 5. The van der Waals surface area contributed by atoms with Crippen LogP contribution >= 0.6 is 15.9 Å². The largest absolute Gasteiger partial charge is 0.394 e. The number of para-hydroxylation sites is 1. The molecule has 0 radical (unpaired) electrons. The van der Waals surface area contributed by atoms with Crippen molar-refractivity contribution in [2.75, 3.05) is 24.6 Å². The van der Waals surface area contributed by atoms with E-state index in [1.807, 2.05) is 58.0 Å². The van der Waals surface area contributed by atoms with E-state index in [9.17, 15) is 19.5 Å². The Hall–Kier alpha value is -2.49. The van der Waals surface area contributed by atoms with E-state index in [0.29, 0.717) is 18.7 Å². The van der Waals surface area contributed by atoms with Gasteiger partial charge in [-0.25, -0.2) is 0 Å². The maximum atomic E-state index is 14.4. The number of rotatable bonds is 11. The Morgan fingerprint density at radius 2 is 1.79 bits per heavy atom. The maximum Gasteiger partial charge on any atom is 0.248 e.